The number of halogens is 2. The largest absolute Gasteiger partial charge is 0.422 e. The SMILES string of the molecule is O=C(Oc1ccc(Br)cc1C(=S)N1CCOCC1)c1ccccc1F. The van der Waals surface area contributed by atoms with Crippen molar-refractivity contribution < 1.29 is 18.7 Å². The number of carbonyl (C=O) groups excluding carboxylic acids is 1. The van der Waals surface area contributed by atoms with Gasteiger partial charge in [-0.1, -0.05) is 40.3 Å². The van der Waals surface area contributed by atoms with Gasteiger partial charge in [0.15, 0.2) is 0 Å². The molecule has 0 unspecified atom stereocenters. The third-order valence-corrected chi connectivity index (χ3v) is 4.74. The molecule has 130 valence electrons. The fraction of sp³-hybridized carbons (Fsp3) is 0.222. The first-order chi connectivity index (χ1) is 12.1. The van der Waals surface area contributed by atoms with E-state index in [-0.39, 0.29) is 5.56 Å². The van der Waals surface area contributed by atoms with E-state index >= 15 is 0 Å². The van der Waals surface area contributed by atoms with Gasteiger partial charge in [0.2, 0.25) is 0 Å². The van der Waals surface area contributed by atoms with Crippen molar-refractivity contribution in [1.82, 2.24) is 4.90 Å². The van der Waals surface area contributed by atoms with Gasteiger partial charge in [0, 0.05) is 17.6 Å². The number of hydrogen-bond acceptors (Lipinski definition) is 4. The molecule has 0 aromatic heterocycles. The van der Waals surface area contributed by atoms with Crippen LogP contribution in [-0.4, -0.2) is 42.2 Å². The number of nitrogens with zero attached hydrogens (tertiary/aromatic N) is 1. The van der Waals surface area contributed by atoms with Crippen molar-refractivity contribution in [3.63, 3.8) is 0 Å². The van der Waals surface area contributed by atoms with Gasteiger partial charge in [-0.15, -0.1) is 0 Å². The molecule has 1 heterocycles. The Hall–Kier alpha value is -1.83. The van der Waals surface area contributed by atoms with Crippen molar-refractivity contribution in [2.75, 3.05) is 26.3 Å². The summed E-state index contributed by atoms with van der Waals surface area (Å²) in [6.45, 7) is 2.54. The summed E-state index contributed by atoms with van der Waals surface area (Å²) in [5.74, 6) is -1.08. The molecular formula is C18H15BrFNO3S. The zero-order chi connectivity index (χ0) is 17.8. The van der Waals surface area contributed by atoms with Crippen LogP contribution in [0.15, 0.2) is 46.9 Å². The first-order valence-corrected chi connectivity index (χ1v) is 8.89. The fourth-order valence-electron chi connectivity index (χ4n) is 2.48. The minimum Gasteiger partial charge on any atom is -0.422 e. The highest BCUT2D eigenvalue weighted by Gasteiger charge is 2.21. The molecule has 0 radical (unpaired) electrons. The van der Waals surface area contributed by atoms with Gasteiger partial charge < -0.3 is 14.4 Å². The van der Waals surface area contributed by atoms with E-state index in [0.29, 0.717) is 42.6 Å². The van der Waals surface area contributed by atoms with Crippen molar-refractivity contribution >= 4 is 39.1 Å². The number of ether oxygens (including phenoxy) is 2. The Morgan fingerprint density at radius 2 is 1.88 bits per heavy atom. The van der Waals surface area contributed by atoms with Gasteiger partial charge >= 0.3 is 5.97 Å². The normalized spacial score (nSPS) is 14.2. The second-order valence-electron chi connectivity index (χ2n) is 5.41. The molecule has 4 nitrogen and oxygen atoms in total. The van der Waals surface area contributed by atoms with Crippen LogP contribution in [0.25, 0.3) is 0 Å². The van der Waals surface area contributed by atoms with Crippen LogP contribution in [0.5, 0.6) is 5.75 Å². The van der Waals surface area contributed by atoms with Crippen LogP contribution in [0.3, 0.4) is 0 Å². The molecule has 1 saturated heterocycles. The topological polar surface area (TPSA) is 38.8 Å². The quantitative estimate of drug-likeness (QED) is 0.426. The van der Waals surface area contributed by atoms with E-state index in [4.69, 9.17) is 21.7 Å². The third kappa shape index (κ3) is 4.23. The van der Waals surface area contributed by atoms with Crippen LogP contribution in [0.2, 0.25) is 0 Å². The summed E-state index contributed by atoms with van der Waals surface area (Å²) in [7, 11) is 0. The highest BCUT2D eigenvalue weighted by atomic mass is 79.9. The zero-order valence-corrected chi connectivity index (χ0v) is 15.6. The van der Waals surface area contributed by atoms with Gasteiger partial charge in [0.1, 0.15) is 16.6 Å². The minimum atomic E-state index is -0.758. The van der Waals surface area contributed by atoms with E-state index < -0.39 is 11.8 Å². The molecule has 0 N–H and O–H groups in total. The Morgan fingerprint density at radius 3 is 2.60 bits per heavy atom. The van der Waals surface area contributed by atoms with Gasteiger partial charge in [0.05, 0.1) is 24.3 Å². The first-order valence-electron chi connectivity index (χ1n) is 7.69. The number of carbonyl (C=O) groups is 1. The number of esters is 1. The molecule has 0 bridgehead atoms. The van der Waals surface area contributed by atoms with E-state index in [0.717, 1.165) is 4.47 Å². The predicted octanol–water partition coefficient (Wildman–Crippen LogP) is 3.82. The predicted molar refractivity (Wildman–Crippen MR) is 99.6 cm³/mol. The monoisotopic (exact) mass is 423 g/mol. The molecule has 0 amide bonds. The first kappa shape index (κ1) is 18.0. The van der Waals surface area contributed by atoms with Crippen molar-refractivity contribution in [2.24, 2.45) is 0 Å². The highest BCUT2D eigenvalue weighted by Crippen LogP contribution is 2.27. The maximum absolute atomic E-state index is 13.8. The lowest BCUT2D eigenvalue weighted by atomic mass is 10.1. The van der Waals surface area contributed by atoms with Crippen LogP contribution >= 0.6 is 28.1 Å². The van der Waals surface area contributed by atoms with Crippen molar-refractivity contribution in [3.05, 3.63) is 63.9 Å². The molecule has 0 aliphatic carbocycles. The molecule has 7 heteroatoms. The Morgan fingerprint density at radius 1 is 1.16 bits per heavy atom. The van der Waals surface area contributed by atoms with Crippen molar-refractivity contribution in [3.8, 4) is 5.75 Å². The zero-order valence-electron chi connectivity index (χ0n) is 13.2. The van der Waals surface area contributed by atoms with Crippen molar-refractivity contribution in [2.45, 2.75) is 0 Å². The second kappa shape index (κ2) is 8.03. The molecule has 2 aromatic carbocycles. The molecule has 0 spiro atoms. The van der Waals surface area contributed by atoms with Crippen LogP contribution in [0, 0.1) is 5.82 Å². The van der Waals surface area contributed by atoms with Crippen LogP contribution in [0.1, 0.15) is 15.9 Å². The number of hydrogen-bond donors (Lipinski definition) is 0. The molecule has 1 aliphatic heterocycles. The van der Waals surface area contributed by atoms with Crippen LogP contribution in [0.4, 0.5) is 4.39 Å². The highest BCUT2D eigenvalue weighted by molar-refractivity contribution is 9.10. The standard InChI is InChI=1S/C18H15BrFNO3S/c19-12-5-6-16(24-18(22)13-3-1-2-4-15(13)20)14(11-12)17(25)21-7-9-23-10-8-21/h1-6,11H,7-10H2. The van der Waals surface area contributed by atoms with Crippen LogP contribution in [-0.2, 0) is 4.74 Å². The van der Waals surface area contributed by atoms with E-state index in [2.05, 4.69) is 15.9 Å². The van der Waals surface area contributed by atoms with Gasteiger partial charge in [-0.3, -0.25) is 0 Å². The smallest absolute Gasteiger partial charge is 0.346 e. The number of rotatable bonds is 3. The molecule has 25 heavy (non-hydrogen) atoms. The fourth-order valence-corrected chi connectivity index (χ4v) is 3.18. The second-order valence-corrected chi connectivity index (χ2v) is 6.72. The third-order valence-electron chi connectivity index (χ3n) is 3.77. The Bertz CT molecular complexity index is 809. The molecule has 0 saturated carbocycles. The van der Waals surface area contributed by atoms with Gasteiger partial charge in [-0.25, -0.2) is 9.18 Å². The lowest BCUT2D eigenvalue weighted by Gasteiger charge is -2.29. The molecule has 0 atom stereocenters. The Labute approximate surface area is 158 Å². The molecular weight excluding hydrogens is 409 g/mol. The van der Waals surface area contributed by atoms with E-state index in [1.54, 1.807) is 24.3 Å². The average Bonchev–Trinajstić information content (AvgIpc) is 2.63. The maximum atomic E-state index is 13.8. The summed E-state index contributed by atoms with van der Waals surface area (Å²) >= 11 is 8.98. The van der Waals surface area contributed by atoms with Gasteiger partial charge in [-0.05, 0) is 30.3 Å². The number of thiocarbonyl (C=S) groups is 1. The Kier molecular flexibility index (Phi) is 5.78. The van der Waals surface area contributed by atoms with E-state index in [1.807, 2.05) is 4.90 Å². The summed E-state index contributed by atoms with van der Waals surface area (Å²) in [6, 6.07) is 10.9. The lowest BCUT2D eigenvalue weighted by molar-refractivity contribution is 0.0687. The molecule has 3 rings (SSSR count). The molecule has 1 aliphatic rings. The lowest BCUT2D eigenvalue weighted by Crippen LogP contribution is -2.40. The average molecular weight is 424 g/mol. The van der Waals surface area contributed by atoms with Crippen LogP contribution < -0.4 is 4.74 Å². The summed E-state index contributed by atoms with van der Waals surface area (Å²) < 4.78 is 25.4. The summed E-state index contributed by atoms with van der Waals surface area (Å²) in [5, 5.41) is 0. The molecule has 1 fully saturated rings. The Balaban J connectivity index is 1.87. The maximum Gasteiger partial charge on any atom is 0.346 e. The van der Waals surface area contributed by atoms with E-state index in [9.17, 15) is 9.18 Å². The van der Waals surface area contributed by atoms with E-state index in [1.165, 1.54) is 18.2 Å². The van der Waals surface area contributed by atoms with Gasteiger partial charge in [-0.2, -0.15) is 0 Å². The molecule has 2 aromatic rings. The summed E-state index contributed by atoms with van der Waals surface area (Å²) in [6.07, 6.45) is 0. The number of benzene rings is 2. The van der Waals surface area contributed by atoms with Crippen molar-refractivity contribution in [1.29, 1.82) is 0 Å². The minimum absolute atomic E-state index is 0.117. The van der Waals surface area contributed by atoms with Gasteiger partial charge in [0.25, 0.3) is 0 Å². The number of morpholine rings is 1. The summed E-state index contributed by atoms with van der Waals surface area (Å²) in [4.78, 5) is 14.9. The summed E-state index contributed by atoms with van der Waals surface area (Å²) in [5.41, 5.74) is 0.490.